The molecule has 1 aliphatic heterocycles. The van der Waals surface area contributed by atoms with Crippen molar-refractivity contribution < 1.29 is 38.1 Å². The van der Waals surface area contributed by atoms with Crippen molar-refractivity contribution in [1.82, 2.24) is 0 Å². The summed E-state index contributed by atoms with van der Waals surface area (Å²) in [5, 5.41) is 8.00. The minimum atomic E-state index is -2.27. The van der Waals surface area contributed by atoms with Crippen molar-refractivity contribution in [3.8, 4) is 0 Å². The monoisotopic (exact) mass is 605 g/mol. The quantitative estimate of drug-likeness (QED) is 0.119. The predicted molar refractivity (Wildman–Crippen MR) is 146 cm³/mol. The van der Waals surface area contributed by atoms with Crippen molar-refractivity contribution in [1.29, 1.82) is 5.41 Å². The van der Waals surface area contributed by atoms with Crippen LogP contribution >= 0.6 is 34.8 Å². The lowest BCUT2D eigenvalue weighted by Crippen LogP contribution is -2.43. The molecule has 40 heavy (non-hydrogen) atoms. The van der Waals surface area contributed by atoms with E-state index in [4.69, 9.17) is 63.9 Å². The van der Waals surface area contributed by atoms with E-state index < -0.39 is 58.8 Å². The first-order valence-electron chi connectivity index (χ1n) is 11.9. The second-order valence-corrected chi connectivity index (χ2v) is 10.7. The fraction of sp³-hybridized carbons (Fsp3) is 0.214. The van der Waals surface area contributed by atoms with Crippen molar-refractivity contribution in [2.45, 2.75) is 28.4 Å². The Morgan fingerprint density at radius 2 is 1.10 bits per heavy atom. The van der Waals surface area contributed by atoms with E-state index in [1.54, 1.807) is 66.7 Å². The number of alkyl halides is 3. The molecule has 4 atom stereocenters. The van der Waals surface area contributed by atoms with Crippen LogP contribution in [-0.4, -0.2) is 58.8 Å². The van der Waals surface area contributed by atoms with E-state index in [-0.39, 0.29) is 16.7 Å². The lowest BCUT2D eigenvalue weighted by Gasteiger charge is -2.25. The summed E-state index contributed by atoms with van der Waals surface area (Å²) in [6, 6.07) is 24.3. The molecule has 4 rings (SSSR count). The summed E-state index contributed by atoms with van der Waals surface area (Å²) in [6.45, 7) is -0.430. The van der Waals surface area contributed by atoms with Gasteiger partial charge in [0.2, 0.25) is 18.3 Å². The van der Waals surface area contributed by atoms with Gasteiger partial charge in [0, 0.05) is 0 Å². The van der Waals surface area contributed by atoms with Gasteiger partial charge >= 0.3 is 17.9 Å². The fourth-order valence-electron chi connectivity index (χ4n) is 3.72. The Kier molecular flexibility index (Phi) is 9.65. The predicted octanol–water partition coefficient (Wildman–Crippen LogP) is 5.38. The van der Waals surface area contributed by atoms with Crippen molar-refractivity contribution in [2.75, 3.05) is 6.61 Å². The third-order valence-electron chi connectivity index (χ3n) is 5.65. The summed E-state index contributed by atoms with van der Waals surface area (Å²) in [5.74, 6) is -3.08. The van der Waals surface area contributed by atoms with Crippen LogP contribution in [0.4, 0.5) is 0 Å². The van der Waals surface area contributed by atoms with Gasteiger partial charge in [-0.15, -0.1) is 0 Å². The maximum Gasteiger partial charge on any atom is 0.338 e. The van der Waals surface area contributed by atoms with Crippen LogP contribution < -0.4 is 0 Å². The third-order valence-corrected chi connectivity index (χ3v) is 6.17. The number of hydrogen-bond donors (Lipinski definition) is 1. The Balaban J connectivity index is 1.63. The van der Waals surface area contributed by atoms with Gasteiger partial charge in [-0.1, -0.05) is 89.4 Å². The first-order chi connectivity index (χ1) is 19.1. The van der Waals surface area contributed by atoms with Crippen LogP contribution in [0.2, 0.25) is 0 Å². The Bertz CT molecular complexity index is 1340. The largest absolute Gasteiger partial charge is 0.459 e. The lowest BCUT2D eigenvalue weighted by atomic mass is 10.1. The number of halogens is 3. The van der Waals surface area contributed by atoms with Gasteiger partial charge in [0.15, 0.2) is 6.10 Å². The Labute approximate surface area is 244 Å². The molecule has 0 unspecified atom stereocenters. The van der Waals surface area contributed by atoms with Crippen LogP contribution in [0.1, 0.15) is 31.1 Å². The number of esters is 3. The van der Waals surface area contributed by atoms with Crippen LogP contribution in [0.5, 0.6) is 0 Å². The van der Waals surface area contributed by atoms with Crippen molar-refractivity contribution >= 4 is 58.6 Å². The van der Waals surface area contributed by atoms with Gasteiger partial charge in [-0.05, 0) is 36.4 Å². The van der Waals surface area contributed by atoms with Crippen molar-refractivity contribution in [3.05, 3.63) is 108 Å². The molecule has 1 heterocycles. The van der Waals surface area contributed by atoms with Gasteiger partial charge in [0.1, 0.15) is 12.7 Å². The maximum atomic E-state index is 13.0. The molecule has 3 aromatic carbocycles. The highest BCUT2D eigenvalue weighted by Gasteiger charge is 2.53. The minimum Gasteiger partial charge on any atom is -0.459 e. The second-order valence-electron chi connectivity index (χ2n) is 8.42. The molecular formula is C28H22Cl3NO8. The topological polar surface area (TPSA) is 121 Å². The molecule has 1 saturated heterocycles. The van der Waals surface area contributed by atoms with E-state index in [0.717, 1.165) is 0 Å². The van der Waals surface area contributed by atoms with E-state index in [2.05, 4.69) is 0 Å². The standard InChI is InChI=1S/C28H22Cl3NO8/c29-28(30,31)27(32)40-26-22(39-25(35)19-14-8-3-9-15-19)21(38-24(34)18-12-6-2-7-13-18)20(37-26)16-36-23(33)17-10-4-1-5-11-17/h1-15,20-22,26,32H,16H2/t20-,21-,22-,26+/m1/s1. The number of ether oxygens (including phenoxy) is 5. The molecule has 0 radical (unpaired) electrons. The van der Waals surface area contributed by atoms with Gasteiger partial charge < -0.3 is 23.7 Å². The van der Waals surface area contributed by atoms with Crippen molar-refractivity contribution in [3.63, 3.8) is 0 Å². The molecule has 0 aliphatic carbocycles. The Morgan fingerprint density at radius 1 is 0.675 bits per heavy atom. The molecule has 0 saturated carbocycles. The van der Waals surface area contributed by atoms with Gasteiger partial charge in [-0.25, -0.2) is 14.4 Å². The third kappa shape index (κ3) is 7.51. The zero-order chi connectivity index (χ0) is 28.7. The van der Waals surface area contributed by atoms with Gasteiger partial charge in [0.25, 0.3) is 3.79 Å². The summed E-state index contributed by atoms with van der Waals surface area (Å²) < 4.78 is 25.8. The Morgan fingerprint density at radius 3 is 1.55 bits per heavy atom. The molecule has 0 amide bonds. The number of carbonyl (C=O) groups is 3. The molecule has 0 bridgehead atoms. The normalized spacial score (nSPS) is 20.3. The molecule has 12 heteroatoms. The molecule has 9 nitrogen and oxygen atoms in total. The smallest absolute Gasteiger partial charge is 0.338 e. The Hall–Kier alpha value is -3.63. The number of hydrogen-bond acceptors (Lipinski definition) is 9. The van der Waals surface area contributed by atoms with E-state index in [9.17, 15) is 14.4 Å². The highest BCUT2D eigenvalue weighted by molar-refractivity contribution is 6.76. The van der Waals surface area contributed by atoms with Crippen molar-refractivity contribution in [2.24, 2.45) is 0 Å². The zero-order valence-corrected chi connectivity index (χ0v) is 22.8. The SMILES string of the molecule is N=C(O[C@@H]1O[C@H](COC(=O)c2ccccc2)[C@@H](OC(=O)c2ccccc2)[C@H]1OC(=O)c1ccccc1)C(Cl)(Cl)Cl. The number of rotatable bonds is 8. The highest BCUT2D eigenvalue weighted by Crippen LogP contribution is 2.34. The minimum absolute atomic E-state index is 0.185. The molecule has 0 aromatic heterocycles. The fourth-order valence-corrected chi connectivity index (χ4v) is 3.85. The maximum absolute atomic E-state index is 13.0. The second kappa shape index (κ2) is 13.1. The summed E-state index contributed by atoms with van der Waals surface area (Å²) in [6.07, 6.45) is -5.56. The van der Waals surface area contributed by atoms with Gasteiger partial charge in [-0.2, -0.15) is 0 Å². The molecule has 1 fully saturated rings. The number of carbonyl (C=O) groups excluding carboxylic acids is 3. The number of nitrogens with one attached hydrogen (secondary N) is 1. The van der Waals surface area contributed by atoms with E-state index >= 15 is 0 Å². The molecule has 1 N–H and O–H groups in total. The van der Waals surface area contributed by atoms with Crippen LogP contribution in [0.15, 0.2) is 91.0 Å². The van der Waals surface area contributed by atoms with E-state index in [1.165, 1.54) is 24.3 Å². The highest BCUT2D eigenvalue weighted by atomic mass is 35.6. The molecule has 208 valence electrons. The first kappa shape index (κ1) is 29.4. The van der Waals surface area contributed by atoms with Crippen LogP contribution in [0.25, 0.3) is 0 Å². The van der Waals surface area contributed by atoms with Crippen LogP contribution in [0.3, 0.4) is 0 Å². The zero-order valence-electron chi connectivity index (χ0n) is 20.6. The van der Waals surface area contributed by atoms with Gasteiger partial charge in [-0.3, -0.25) is 5.41 Å². The van der Waals surface area contributed by atoms with Gasteiger partial charge in [0.05, 0.1) is 16.7 Å². The van der Waals surface area contributed by atoms with Crippen LogP contribution in [0, 0.1) is 5.41 Å². The van der Waals surface area contributed by atoms with Crippen LogP contribution in [-0.2, 0) is 23.7 Å². The average molecular weight is 607 g/mol. The lowest BCUT2D eigenvalue weighted by molar-refractivity contribution is -0.128. The number of benzene rings is 3. The van der Waals surface area contributed by atoms with E-state index in [0.29, 0.717) is 0 Å². The summed E-state index contributed by atoms with van der Waals surface area (Å²) >= 11 is 17.3. The molecule has 3 aromatic rings. The first-order valence-corrected chi connectivity index (χ1v) is 13.0. The average Bonchev–Trinajstić information content (AvgIpc) is 3.27. The summed E-state index contributed by atoms with van der Waals surface area (Å²) in [5.41, 5.74) is 0.662. The summed E-state index contributed by atoms with van der Waals surface area (Å²) in [4.78, 5) is 38.6. The molecule has 0 spiro atoms. The molecular weight excluding hydrogens is 585 g/mol. The summed E-state index contributed by atoms with van der Waals surface area (Å²) in [7, 11) is 0. The van der Waals surface area contributed by atoms with E-state index in [1.807, 2.05) is 0 Å². The molecule has 1 aliphatic rings.